The standard InChI is InChI=1S/C18H22ClN3O5/c19-12-3-1-2-4-15(12)27-10-17(25)21-13-7-11(8-14(13)23)18(26)22-6-5-20-16(24)9-22/h1-4,11,13-14,23H,5-10H2,(H,20,24)(H,21,25)/t11-,13-,14-/m0/s1. The van der Waals surface area contributed by atoms with Crippen LogP contribution in [-0.2, 0) is 14.4 Å². The van der Waals surface area contributed by atoms with Crippen LogP contribution in [0.1, 0.15) is 12.8 Å². The van der Waals surface area contributed by atoms with Gasteiger partial charge in [0.05, 0.1) is 23.7 Å². The second-order valence-corrected chi connectivity index (χ2v) is 7.15. The first-order valence-corrected chi connectivity index (χ1v) is 9.22. The van der Waals surface area contributed by atoms with Gasteiger partial charge in [0.1, 0.15) is 5.75 Å². The van der Waals surface area contributed by atoms with Crippen LogP contribution < -0.4 is 15.4 Å². The third kappa shape index (κ3) is 4.90. The Labute approximate surface area is 161 Å². The number of hydrogen-bond acceptors (Lipinski definition) is 5. The normalized spacial score (nSPS) is 25.0. The zero-order chi connectivity index (χ0) is 19.4. The monoisotopic (exact) mass is 395 g/mol. The SMILES string of the molecule is O=C1CN(C(=O)[C@H]2C[C@H](NC(=O)COc3ccccc3Cl)[C@@H](O)C2)CCN1. The average molecular weight is 396 g/mol. The van der Waals surface area contributed by atoms with Crippen molar-refractivity contribution in [2.24, 2.45) is 5.92 Å². The van der Waals surface area contributed by atoms with E-state index in [4.69, 9.17) is 16.3 Å². The first-order chi connectivity index (χ1) is 12.9. The number of aliphatic hydroxyl groups is 1. The number of piperazine rings is 1. The Morgan fingerprint density at radius 2 is 2.11 bits per heavy atom. The molecule has 1 aliphatic carbocycles. The van der Waals surface area contributed by atoms with Crippen molar-refractivity contribution in [1.82, 2.24) is 15.5 Å². The van der Waals surface area contributed by atoms with Gasteiger partial charge in [-0.3, -0.25) is 14.4 Å². The van der Waals surface area contributed by atoms with Crippen molar-refractivity contribution in [3.63, 3.8) is 0 Å². The van der Waals surface area contributed by atoms with Crippen LogP contribution in [0.5, 0.6) is 5.75 Å². The fourth-order valence-corrected chi connectivity index (χ4v) is 3.60. The highest BCUT2D eigenvalue weighted by molar-refractivity contribution is 6.32. The number of para-hydroxylation sites is 1. The van der Waals surface area contributed by atoms with Gasteiger partial charge in [-0.1, -0.05) is 23.7 Å². The number of rotatable bonds is 5. The van der Waals surface area contributed by atoms with Gasteiger partial charge >= 0.3 is 0 Å². The number of hydrogen-bond donors (Lipinski definition) is 3. The number of halogens is 1. The average Bonchev–Trinajstić information content (AvgIpc) is 3.01. The Morgan fingerprint density at radius 1 is 1.33 bits per heavy atom. The molecule has 2 fully saturated rings. The van der Waals surface area contributed by atoms with E-state index in [2.05, 4.69) is 10.6 Å². The van der Waals surface area contributed by atoms with Gasteiger partial charge in [0.15, 0.2) is 6.61 Å². The maximum absolute atomic E-state index is 12.6. The maximum atomic E-state index is 12.6. The van der Waals surface area contributed by atoms with Crippen LogP contribution in [0.4, 0.5) is 0 Å². The summed E-state index contributed by atoms with van der Waals surface area (Å²) < 4.78 is 5.38. The molecule has 8 nitrogen and oxygen atoms in total. The zero-order valence-corrected chi connectivity index (χ0v) is 15.4. The molecule has 3 rings (SSSR count). The summed E-state index contributed by atoms with van der Waals surface area (Å²) in [6.45, 7) is 0.686. The Balaban J connectivity index is 1.49. The number of aliphatic hydroxyl groups excluding tert-OH is 1. The second kappa shape index (κ2) is 8.58. The molecule has 0 radical (unpaired) electrons. The molecule has 1 saturated carbocycles. The van der Waals surface area contributed by atoms with Gasteiger partial charge in [-0.05, 0) is 25.0 Å². The molecule has 1 saturated heterocycles. The van der Waals surface area contributed by atoms with E-state index >= 15 is 0 Å². The largest absolute Gasteiger partial charge is 0.482 e. The molecule has 2 aliphatic rings. The van der Waals surface area contributed by atoms with Gasteiger partial charge < -0.3 is 25.4 Å². The molecule has 0 spiro atoms. The van der Waals surface area contributed by atoms with E-state index < -0.39 is 24.0 Å². The molecular formula is C18H22ClN3O5. The number of nitrogens with zero attached hydrogens (tertiary/aromatic N) is 1. The predicted molar refractivity (Wildman–Crippen MR) is 97.2 cm³/mol. The highest BCUT2D eigenvalue weighted by atomic mass is 35.5. The lowest BCUT2D eigenvalue weighted by Crippen LogP contribution is -2.51. The van der Waals surface area contributed by atoms with E-state index in [0.717, 1.165) is 0 Å². The number of carbonyl (C=O) groups is 3. The second-order valence-electron chi connectivity index (χ2n) is 6.74. The van der Waals surface area contributed by atoms with E-state index in [1.165, 1.54) is 4.90 Å². The quantitative estimate of drug-likeness (QED) is 0.647. The lowest BCUT2D eigenvalue weighted by molar-refractivity contribution is -0.141. The topological polar surface area (TPSA) is 108 Å². The van der Waals surface area contributed by atoms with Crippen LogP contribution in [0.2, 0.25) is 5.02 Å². The molecule has 1 aromatic carbocycles. The van der Waals surface area contributed by atoms with Gasteiger partial charge in [0.2, 0.25) is 11.8 Å². The van der Waals surface area contributed by atoms with Crippen LogP contribution in [-0.4, -0.2) is 66.1 Å². The van der Waals surface area contributed by atoms with Crippen molar-refractivity contribution in [3.8, 4) is 5.75 Å². The van der Waals surface area contributed by atoms with Gasteiger partial charge in [0.25, 0.3) is 5.91 Å². The summed E-state index contributed by atoms with van der Waals surface area (Å²) in [5.74, 6) is -0.759. The minimum absolute atomic E-state index is 0.0358. The molecule has 9 heteroatoms. The smallest absolute Gasteiger partial charge is 0.258 e. The molecule has 1 aromatic rings. The fraction of sp³-hybridized carbons (Fsp3) is 0.500. The summed E-state index contributed by atoms with van der Waals surface area (Å²) in [5, 5.41) is 16.0. The molecule has 0 bridgehead atoms. The third-order valence-corrected chi connectivity index (χ3v) is 5.08. The zero-order valence-electron chi connectivity index (χ0n) is 14.7. The van der Waals surface area contributed by atoms with Crippen molar-refractivity contribution in [2.45, 2.75) is 25.0 Å². The molecule has 1 heterocycles. The summed E-state index contributed by atoms with van der Waals surface area (Å²) in [4.78, 5) is 37.6. The summed E-state index contributed by atoms with van der Waals surface area (Å²) in [5.41, 5.74) is 0. The number of carbonyl (C=O) groups excluding carboxylic acids is 3. The summed E-state index contributed by atoms with van der Waals surface area (Å²) in [6, 6.07) is 6.29. The summed E-state index contributed by atoms with van der Waals surface area (Å²) in [6.07, 6.45) is -0.231. The Bertz CT molecular complexity index is 729. The number of ether oxygens (including phenoxy) is 1. The summed E-state index contributed by atoms with van der Waals surface area (Å²) in [7, 11) is 0. The molecule has 1 aliphatic heterocycles. The lowest BCUT2D eigenvalue weighted by Gasteiger charge is -2.28. The van der Waals surface area contributed by atoms with Gasteiger partial charge in [-0.25, -0.2) is 0 Å². The van der Waals surface area contributed by atoms with E-state index in [0.29, 0.717) is 30.3 Å². The van der Waals surface area contributed by atoms with E-state index in [1.54, 1.807) is 24.3 Å². The molecule has 3 atom stereocenters. The molecule has 0 unspecified atom stereocenters. The van der Waals surface area contributed by atoms with Crippen molar-refractivity contribution < 1.29 is 24.2 Å². The maximum Gasteiger partial charge on any atom is 0.258 e. The van der Waals surface area contributed by atoms with Crippen molar-refractivity contribution in [1.29, 1.82) is 0 Å². The summed E-state index contributed by atoms with van der Waals surface area (Å²) >= 11 is 5.97. The highest BCUT2D eigenvalue weighted by Gasteiger charge is 2.40. The number of benzene rings is 1. The minimum Gasteiger partial charge on any atom is -0.482 e. The van der Waals surface area contributed by atoms with Crippen molar-refractivity contribution in [2.75, 3.05) is 26.2 Å². The van der Waals surface area contributed by atoms with Gasteiger partial charge in [-0.15, -0.1) is 0 Å². The lowest BCUT2D eigenvalue weighted by atomic mass is 10.1. The molecule has 3 N–H and O–H groups in total. The Morgan fingerprint density at radius 3 is 2.85 bits per heavy atom. The minimum atomic E-state index is -0.818. The van der Waals surface area contributed by atoms with Crippen LogP contribution in [0.15, 0.2) is 24.3 Å². The van der Waals surface area contributed by atoms with E-state index in [-0.39, 0.29) is 31.4 Å². The van der Waals surface area contributed by atoms with Crippen molar-refractivity contribution >= 4 is 29.3 Å². The van der Waals surface area contributed by atoms with Crippen LogP contribution in [0.25, 0.3) is 0 Å². The molecule has 0 aromatic heterocycles. The number of amides is 3. The van der Waals surface area contributed by atoms with Crippen LogP contribution in [0, 0.1) is 5.92 Å². The first kappa shape index (κ1) is 19.4. The molecule has 3 amide bonds. The highest BCUT2D eigenvalue weighted by Crippen LogP contribution is 2.28. The van der Waals surface area contributed by atoms with Crippen LogP contribution in [0.3, 0.4) is 0 Å². The fourth-order valence-electron chi connectivity index (χ4n) is 3.41. The van der Waals surface area contributed by atoms with Crippen molar-refractivity contribution in [3.05, 3.63) is 29.3 Å². The molecule has 146 valence electrons. The molecular weight excluding hydrogens is 374 g/mol. The predicted octanol–water partition coefficient (Wildman–Crippen LogP) is -0.0671. The Kier molecular flexibility index (Phi) is 6.18. The van der Waals surface area contributed by atoms with E-state index in [9.17, 15) is 19.5 Å². The van der Waals surface area contributed by atoms with Gasteiger partial charge in [-0.2, -0.15) is 0 Å². The van der Waals surface area contributed by atoms with E-state index in [1.807, 2.05) is 0 Å². The Hall–Kier alpha value is -2.32. The first-order valence-electron chi connectivity index (χ1n) is 8.84. The van der Waals surface area contributed by atoms with Gasteiger partial charge in [0, 0.05) is 19.0 Å². The third-order valence-electron chi connectivity index (χ3n) is 4.77. The molecule has 27 heavy (non-hydrogen) atoms. The number of nitrogens with one attached hydrogen (secondary N) is 2. The van der Waals surface area contributed by atoms with Crippen LogP contribution >= 0.6 is 11.6 Å².